The topological polar surface area (TPSA) is 0 Å². The largest absolute Gasteiger partial charge is 0.0587 e. The van der Waals surface area contributed by atoms with Crippen LogP contribution in [0.1, 0.15) is 30.9 Å². The molecule has 0 unspecified atom stereocenters. The Hall–Kier alpha value is -0.300. The highest BCUT2D eigenvalue weighted by Gasteiger charge is 1.99. The smallest absolute Gasteiger partial charge is 0.0180 e. The van der Waals surface area contributed by atoms with E-state index < -0.39 is 0 Å². The molecule has 0 saturated carbocycles. The Balaban J connectivity index is 3.08. The van der Waals surface area contributed by atoms with Crippen molar-refractivity contribution in [2.45, 2.75) is 19.8 Å². The standard InChI is InChI=1S/C10H12Br/c1-7(2)9-4-8(3)5-10(11)6-9/h4-7H,3H2,1-2H3. The molecule has 11 heavy (non-hydrogen) atoms. The first-order valence-corrected chi connectivity index (χ1v) is 4.51. The van der Waals surface area contributed by atoms with Gasteiger partial charge in [0.2, 0.25) is 0 Å². The van der Waals surface area contributed by atoms with Gasteiger partial charge in [-0.15, -0.1) is 0 Å². The van der Waals surface area contributed by atoms with E-state index in [1.807, 2.05) is 6.07 Å². The first kappa shape index (κ1) is 8.79. The molecule has 0 amide bonds. The Labute approximate surface area is 76.8 Å². The van der Waals surface area contributed by atoms with Gasteiger partial charge in [-0.05, 0) is 36.1 Å². The van der Waals surface area contributed by atoms with Crippen molar-refractivity contribution in [3.05, 3.63) is 40.7 Å². The summed E-state index contributed by atoms with van der Waals surface area (Å²) in [4.78, 5) is 0. The van der Waals surface area contributed by atoms with Gasteiger partial charge in [0.1, 0.15) is 0 Å². The summed E-state index contributed by atoms with van der Waals surface area (Å²) in [7, 11) is 0. The zero-order valence-corrected chi connectivity index (χ0v) is 8.48. The van der Waals surface area contributed by atoms with Gasteiger partial charge in [0.15, 0.2) is 0 Å². The number of benzene rings is 1. The molecule has 0 atom stereocenters. The molecule has 0 saturated heterocycles. The van der Waals surface area contributed by atoms with Gasteiger partial charge in [-0.1, -0.05) is 35.8 Å². The Morgan fingerprint density at radius 1 is 1.27 bits per heavy atom. The van der Waals surface area contributed by atoms with Crippen LogP contribution in [0.15, 0.2) is 22.7 Å². The average Bonchev–Trinajstić information content (AvgIpc) is 1.85. The van der Waals surface area contributed by atoms with Crippen LogP contribution in [-0.2, 0) is 0 Å². The molecular weight excluding hydrogens is 200 g/mol. The third-order valence-electron chi connectivity index (χ3n) is 1.65. The summed E-state index contributed by atoms with van der Waals surface area (Å²) < 4.78 is 1.12. The second kappa shape index (κ2) is 3.40. The maximum atomic E-state index is 3.89. The lowest BCUT2D eigenvalue weighted by Crippen LogP contribution is -1.87. The molecule has 0 fully saturated rings. The summed E-state index contributed by atoms with van der Waals surface area (Å²) in [6, 6.07) is 6.28. The first-order chi connectivity index (χ1) is 5.09. The van der Waals surface area contributed by atoms with E-state index in [-0.39, 0.29) is 0 Å². The summed E-state index contributed by atoms with van der Waals surface area (Å²) in [5.74, 6) is 0.577. The third kappa shape index (κ3) is 2.33. The summed E-state index contributed by atoms with van der Waals surface area (Å²) in [5, 5.41) is 0. The summed E-state index contributed by atoms with van der Waals surface area (Å²) >= 11 is 3.44. The summed E-state index contributed by atoms with van der Waals surface area (Å²) in [6.07, 6.45) is 0. The summed E-state index contributed by atoms with van der Waals surface area (Å²) in [5.41, 5.74) is 2.41. The van der Waals surface area contributed by atoms with Gasteiger partial charge in [-0.2, -0.15) is 0 Å². The minimum Gasteiger partial charge on any atom is -0.0587 e. The van der Waals surface area contributed by atoms with Gasteiger partial charge >= 0.3 is 0 Å². The fourth-order valence-corrected chi connectivity index (χ4v) is 1.57. The fraction of sp³-hybridized carbons (Fsp3) is 0.300. The van der Waals surface area contributed by atoms with Crippen molar-refractivity contribution in [2.75, 3.05) is 0 Å². The minimum absolute atomic E-state index is 0.577. The van der Waals surface area contributed by atoms with E-state index in [1.165, 1.54) is 5.56 Å². The van der Waals surface area contributed by atoms with Crippen LogP contribution in [0.4, 0.5) is 0 Å². The third-order valence-corrected chi connectivity index (χ3v) is 2.10. The average molecular weight is 212 g/mol. The molecule has 0 nitrogen and oxygen atoms in total. The van der Waals surface area contributed by atoms with Gasteiger partial charge < -0.3 is 0 Å². The lowest BCUT2D eigenvalue weighted by molar-refractivity contribution is 0.865. The van der Waals surface area contributed by atoms with Crippen molar-refractivity contribution in [3.8, 4) is 0 Å². The molecule has 1 aromatic rings. The van der Waals surface area contributed by atoms with E-state index in [2.05, 4.69) is 48.8 Å². The molecule has 0 aliphatic carbocycles. The van der Waals surface area contributed by atoms with E-state index >= 15 is 0 Å². The van der Waals surface area contributed by atoms with Gasteiger partial charge in [0, 0.05) is 4.47 Å². The second-order valence-corrected chi connectivity index (χ2v) is 3.96. The van der Waals surface area contributed by atoms with Gasteiger partial charge in [0.25, 0.3) is 0 Å². The molecule has 0 aromatic heterocycles. The van der Waals surface area contributed by atoms with Crippen LogP contribution in [0.25, 0.3) is 0 Å². The number of rotatable bonds is 1. The van der Waals surface area contributed by atoms with Crippen molar-refractivity contribution in [1.82, 2.24) is 0 Å². The predicted octanol–water partition coefficient (Wildman–Crippen LogP) is 3.75. The van der Waals surface area contributed by atoms with Crippen LogP contribution in [0, 0.1) is 6.92 Å². The molecule has 59 valence electrons. The molecule has 1 aromatic carbocycles. The van der Waals surface area contributed by atoms with Crippen LogP contribution in [-0.4, -0.2) is 0 Å². The SMILES string of the molecule is [CH2]c1cc(Br)cc(C(C)C)c1. The fourth-order valence-electron chi connectivity index (χ4n) is 1.01. The lowest BCUT2D eigenvalue weighted by Gasteiger charge is -2.06. The van der Waals surface area contributed by atoms with Gasteiger partial charge in [-0.25, -0.2) is 0 Å². The van der Waals surface area contributed by atoms with Crippen molar-refractivity contribution in [1.29, 1.82) is 0 Å². The lowest BCUT2D eigenvalue weighted by atomic mass is 10.0. The van der Waals surface area contributed by atoms with E-state index in [0.29, 0.717) is 5.92 Å². The molecule has 0 heterocycles. The Morgan fingerprint density at radius 2 is 1.91 bits per heavy atom. The van der Waals surface area contributed by atoms with Crippen molar-refractivity contribution < 1.29 is 0 Å². The van der Waals surface area contributed by atoms with E-state index in [9.17, 15) is 0 Å². The molecule has 0 aliphatic rings. The number of halogens is 1. The molecule has 1 heteroatoms. The normalized spacial score (nSPS) is 10.6. The van der Waals surface area contributed by atoms with Crippen molar-refractivity contribution in [3.63, 3.8) is 0 Å². The predicted molar refractivity (Wildman–Crippen MR) is 52.7 cm³/mol. The maximum absolute atomic E-state index is 3.89. The first-order valence-electron chi connectivity index (χ1n) is 3.72. The van der Waals surface area contributed by atoms with Crippen LogP contribution in [0.2, 0.25) is 0 Å². The van der Waals surface area contributed by atoms with E-state index in [0.717, 1.165) is 10.0 Å². The molecule has 0 aliphatic heterocycles. The molecule has 0 N–H and O–H groups in total. The highest BCUT2D eigenvalue weighted by molar-refractivity contribution is 9.10. The highest BCUT2D eigenvalue weighted by atomic mass is 79.9. The van der Waals surface area contributed by atoms with Gasteiger partial charge in [0.05, 0.1) is 0 Å². The van der Waals surface area contributed by atoms with E-state index in [1.54, 1.807) is 0 Å². The second-order valence-electron chi connectivity index (χ2n) is 3.05. The van der Waals surface area contributed by atoms with Crippen LogP contribution >= 0.6 is 15.9 Å². The zero-order valence-electron chi connectivity index (χ0n) is 6.89. The Bertz CT molecular complexity index is 231. The van der Waals surface area contributed by atoms with Crippen LogP contribution in [0.3, 0.4) is 0 Å². The van der Waals surface area contributed by atoms with Crippen molar-refractivity contribution >= 4 is 15.9 Å². The van der Waals surface area contributed by atoms with E-state index in [4.69, 9.17) is 0 Å². The number of hydrogen-bond acceptors (Lipinski definition) is 0. The molecular formula is C10H12Br. The summed E-state index contributed by atoms with van der Waals surface area (Å²) in [6.45, 7) is 8.26. The Kier molecular flexibility index (Phi) is 2.72. The maximum Gasteiger partial charge on any atom is 0.0180 e. The van der Waals surface area contributed by atoms with Crippen molar-refractivity contribution in [2.24, 2.45) is 0 Å². The van der Waals surface area contributed by atoms with Crippen LogP contribution < -0.4 is 0 Å². The van der Waals surface area contributed by atoms with Crippen LogP contribution in [0.5, 0.6) is 0 Å². The quantitative estimate of drug-likeness (QED) is 0.664. The molecule has 1 radical (unpaired) electrons. The number of hydrogen-bond donors (Lipinski definition) is 0. The molecule has 1 rings (SSSR count). The monoisotopic (exact) mass is 211 g/mol. The van der Waals surface area contributed by atoms with Gasteiger partial charge in [-0.3, -0.25) is 0 Å². The highest BCUT2D eigenvalue weighted by Crippen LogP contribution is 2.21. The minimum atomic E-state index is 0.577. The Morgan fingerprint density at radius 3 is 2.36 bits per heavy atom. The molecule has 0 spiro atoms. The zero-order chi connectivity index (χ0) is 8.43. The molecule has 0 bridgehead atoms.